The van der Waals surface area contributed by atoms with Crippen molar-refractivity contribution >= 4 is 17.4 Å². The minimum Gasteiger partial charge on any atom is -0.507 e. The molecule has 0 radical (unpaired) electrons. The lowest BCUT2D eigenvalue weighted by Gasteiger charge is -2.25. The Morgan fingerprint density at radius 2 is 1.85 bits per heavy atom. The fourth-order valence-corrected chi connectivity index (χ4v) is 3.98. The summed E-state index contributed by atoms with van der Waals surface area (Å²) in [4.78, 5) is 31.9. The van der Waals surface area contributed by atoms with E-state index in [-0.39, 0.29) is 17.9 Å². The highest BCUT2D eigenvalue weighted by atomic mass is 16.5. The van der Waals surface area contributed by atoms with Gasteiger partial charge in [0.05, 0.1) is 25.3 Å². The van der Waals surface area contributed by atoms with E-state index in [0.29, 0.717) is 29.2 Å². The van der Waals surface area contributed by atoms with E-state index >= 15 is 0 Å². The molecule has 1 N–H and O–H groups in total. The van der Waals surface area contributed by atoms with Gasteiger partial charge in [-0.25, -0.2) is 0 Å². The molecule has 3 aromatic rings. The Balaban J connectivity index is 1.83. The van der Waals surface area contributed by atoms with Gasteiger partial charge in [0.15, 0.2) is 0 Å². The number of methoxy groups -OCH3 is 1. The van der Waals surface area contributed by atoms with Crippen LogP contribution >= 0.6 is 0 Å². The number of benzene rings is 2. The molecule has 174 valence electrons. The molecule has 1 aliphatic rings. The van der Waals surface area contributed by atoms with Gasteiger partial charge in [-0.3, -0.25) is 14.6 Å². The number of nitrogens with zero attached hydrogens (tertiary/aromatic N) is 2. The number of rotatable bonds is 8. The number of Topliss-reactive ketones (excluding diaryl/α,β-unsaturated/α-hetero) is 1. The van der Waals surface area contributed by atoms with Crippen molar-refractivity contribution in [3.8, 4) is 11.5 Å². The zero-order valence-electron chi connectivity index (χ0n) is 19.1. The lowest BCUT2D eigenvalue weighted by Crippen LogP contribution is -2.29. The molecule has 1 fully saturated rings. The Morgan fingerprint density at radius 1 is 1.06 bits per heavy atom. The largest absolute Gasteiger partial charge is 0.507 e. The Labute approximate surface area is 198 Å². The first-order valence-corrected chi connectivity index (χ1v) is 11.1. The third kappa shape index (κ3) is 4.64. The van der Waals surface area contributed by atoms with E-state index in [1.807, 2.05) is 37.3 Å². The van der Waals surface area contributed by atoms with Gasteiger partial charge in [-0.05, 0) is 60.0 Å². The van der Waals surface area contributed by atoms with Crippen molar-refractivity contribution in [2.75, 3.05) is 13.7 Å². The molecule has 2 aromatic carbocycles. The van der Waals surface area contributed by atoms with Gasteiger partial charge in [0.2, 0.25) is 0 Å². The maximum atomic E-state index is 13.2. The molecule has 0 saturated carbocycles. The molecule has 7 nitrogen and oxygen atoms in total. The molecule has 2 heterocycles. The van der Waals surface area contributed by atoms with Crippen LogP contribution in [-0.2, 0) is 16.1 Å². The van der Waals surface area contributed by atoms with Crippen molar-refractivity contribution < 1.29 is 24.2 Å². The van der Waals surface area contributed by atoms with E-state index < -0.39 is 17.7 Å². The molecule has 1 saturated heterocycles. The Bertz CT molecular complexity index is 1210. The highest BCUT2D eigenvalue weighted by Gasteiger charge is 2.46. The van der Waals surface area contributed by atoms with Crippen LogP contribution in [0, 0.1) is 0 Å². The zero-order valence-corrected chi connectivity index (χ0v) is 19.1. The number of aromatic nitrogens is 1. The molecule has 1 aliphatic heterocycles. The average Bonchev–Trinajstić information content (AvgIpc) is 3.13. The zero-order chi connectivity index (χ0) is 24.1. The summed E-state index contributed by atoms with van der Waals surface area (Å²) in [7, 11) is 1.55. The normalized spacial score (nSPS) is 17.1. The monoisotopic (exact) mass is 458 g/mol. The van der Waals surface area contributed by atoms with Crippen LogP contribution in [0.1, 0.15) is 36.1 Å². The Kier molecular flexibility index (Phi) is 6.92. The number of aliphatic hydroxyl groups excluding tert-OH is 1. The number of pyridine rings is 1. The van der Waals surface area contributed by atoms with Crippen molar-refractivity contribution in [3.63, 3.8) is 0 Å². The van der Waals surface area contributed by atoms with Crippen molar-refractivity contribution in [3.05, 3.63) is 95.3 Å². The summed E-state index contributed by atoms with van der Waals surface area (Å²) in [5.41, 5.74) is 1.90. The molecule has 0 aliphatic carbocycles. The fourth-order valence-electron chi connectivity index (χ4n) is 3.98. The fraction of sp³-hybridized carbons (Fsp3) is 0.222. The van der Waals surface area contributed by atoms with Crippen LogP contribution < -0.4 is 9.47 Å². The molecular formula is C27H26N2O5. The smallest absolute Gasteiger partial charge is 0.295 e. The van der Waals surface area contributed by atoms with Gasteiger partial charge < -0.3 is 19.5 Å². The quantitative estimate of drug-likeness (QED) is 0.304. The van der Waals surface area contributed by atoms with Crippen LogP contribution in [-0.4, -0.2) is 40.4 Å². The van der Waals surface area contributed by atoms with E-state index in [1.54, 1.807) is 49.8 Å². The van der Waals surface area contributed by atoms with E-state index in [2.05, 4.69) is 4.98 Å². The predicted molar refractivity (Wildman–Crippen MR) is 127 cm³/mol. The number of hydrogen-bond acceptors (Lipinski definition) is 6. The standard InChI is InChI=1S/C27H26N2O5/c1-3-14-34-22-8-4-7-20(15-22)24-23(25(30)19-9-11-21(33-2)12-10-19)26(31)27(32)29(24)17-18-6-5-13-28-16-18/h4-13,15-16,24,30H,3,14,17H2,1-2H3/b25-23+. The lowest BCUT2D eigenvalue weighted by atomic mass is 9.95. The predicted octanol–water partition coefficient (Wildman–Crippen LogP) is 4.50. The first-order valence-electron chi connectivity index (χ1n) is 11.1. The Morgan fingerprint density at radius 3 is 2.53 bits per heavy atom. The van der Waals surface area contributed by atoms with Crippen LogP contribution in [0.15, 0.2) is 78.6 Å². The summed E-state index contributed by atoms with van der Waals surface area (Å²) in [6, 6.07) is 16.8. The number of ether oxygens (including phenoxy) is 2. The third-order valence-electron chi connectivity index (χ3n) is 5.63. The molecule has 1 aromatic heterocycles. The number of amides is 1. The first kappa shape index (κ1) is 23.0. The van der Waals surface area contributed by atoms with Gasteiger partial charge in [-0.15, -0.1) is 0 Å². The number of ketones is 1. The highest BCUT2D eigenvalue weighted by Crippen LogP contribution is 2.41. The van der Waals surface area contributed by atoms with Crippen LogP contribution in [0.25, 0.3) is 5.76 Å². The number of carbonyl (C=O) groups is 2. The van der Waals surface area contributed by atoms with Crippen molar-refractivity contribution in [2.45, 2.75) is 25.9 Å². The molecule has 7 heteroatoms. The third-order valence-corrected chi connectivity index (χ3v) is 5.63. The Hall–Kier alpha value is -4.13. The summed E-state index contributed by atoms with van der Waals surface area (Å²) in [6.45, 7) is 2.73. The summed E-state index contributed by atoms with van der Waals surface area (Å²) in [6.07, 6.45) is 4.15. The van der Waals surface area contributed by atoms with Crippen molar-refractivity contribution in [1.82, 2.24) is 9.88 Å². The summed E-state index contributed by atoms with van der Waals surface area (Å²) >= 11 is 0. The minimum absolute atomic E-state index is 0.0340. The van der Waals surface area contributed by atoms with Gasteiger partial charge >= 0.3 is 0 Å². The van der Waals surface area contributed by atoms with Crippen molar-refractivity contribution in [1.29, 1.82) is 0 Å². The minimum atomic E-state index is -0.785. The molecule has 4 rings (SSSR count). The first-order chi connectivity index (χ1) is 16.5. The van der Waals surface area contributed by atoms with Gasteiger partial charge in [0, 0.05) is 24.5 Å². The second-order valence-corrected chi connectivity index (χ2v) is 7.94. The van der Waals surface area contributed by atoms with Crippen LogP contribution in [0.4, 0.5) is 0 Å². The van der Waals surface area contributed by atoms with Gasteiger partial charge in [0.1, 0.15) is 17.3 Å². The molecule has 34 heavy (non-hydrogen) atoms. The summed E-state index contributed by atoms with van der Waals surface area (Å²) < 4.78 is 11.0. The number of likely N-dealkylation sites (tertiary alicyclic amines) is 1. The number of carbonyl (C=O) groups excluding carboxylic acids is 2. The maximum Gasteiger partial charge on any atom is 0.295 e. The molecule has 0 bridgehead atoms. The van der Waals surface area contributed by atoms with Gasteiger partial charge in [0.25, 0.3) is 11.7 Å². The molecular weight excluding hydrogens is 432 g/mol. The molecule has 1 unspecified atom stereocenters. The highest BCUT2D eigenvalue weighted by molar-refractivity contribution is 6.46. The van der Waals surface area contributed by atoms with E-state index in [4.69, 9.17) is 9.47 Å². The van der Waals surface area contributed by atoms with Crippen LogP contribution in [0.5, 0.6) is 11.5 Å². The SMILES string of the molecule is CCCOc1cccc(C2/C(=C(\O)c3ccc(OC)cc3)C(=O)C(=O)N2Cc2cccnc2)c1. The van der Waals surface area contributed by atoms with Crippen LogP contribution in [0.2, 0.25) is 0 Å². The van der Waals surface area contributed by atoms with Crippen molar-refractivity contribution in [2.24, 2.45) is 0 Å². The summed E-state index contributed by atoms with van der Waals surface area (Å²) in [5.74, 6) is -0.396. The van der Waals surface area contributed by atoms with Gasteiger partial charge in [-0.1, -0.05) is 25.1 Å². The topological polar surface area (TPSA) is 89.0 Å². The van der Waals surface area contributed by atoms with Crippen LogP contribution in [0.3, 0.4) is 0 Å². The maximum absolute atomic E-state index is 13.2. The molecule has 1 atom stereocenters. The molecule has 1 amide bonds. The average molecular weight is 459 g/mol. The lowest BCUT2D eigenvalue weighted by molar-refractivity contribution is -0.140. The number of hydrogen-bond donors (Lipinski definition) is 1. The second kappa shape index (κ2) is 10.2. The number of aliphatic hydroxyl groups is 1. The van der Waals surface area contributed by atoms with E-state index in [0.717, 1.165) is 12.0 Å². The molecule has 0 spiro atoms. The van der Waals surface area contributed by atoms with E-state index in [1.165, 1.54) is 4.90 Å². The van der Waals surface area contributed by atoms with E-state index in [9.17, 15) is 14.7 Å². The second-order valence-electron chi connectivity index (χ2n) is 7.94. The summed E-state index contributed by atoms with van der Waals surface area (Å²) in [5, 5.41) is 11.2. The van der Waals surface area contributed by atoms with Gasteiger partial charge in [-0.2, -0.15) is 0 Å².